The van der Waals surface area contributed by atoms with Crippen LogP contribution in [0.1, 0.15) is 41.1 Å². The van der Waals surface area contributed by atoms with Crippen LogP contribution in [0.25, 0.3) is 6.08 Å². The molecule has 1 aliphatic carbocycles. The van der Waals surface area contributed by atoms with Gasteiger partial charge in [-0.15, -0.1) is 24.8 Å². The molecule has 0 nitrogen and oxygen atoms in total. The van der Waals surface area contributed by atoms with Crippen LogP contribution in [-0.2, 0) is 31.1 Å². The minimum absolute atomic E-state index is 0. The summed E-state index contributed by atoms with van der Waals surface area (Å²) in [4.78, 5) is 0. The summed E-state index contributed by atoms with van der Waals surface area (Å²) in [6.07, 6.45) is 3.56. The first-order valence-electron chi connectivity index (χ1n) is 5.60. The first kappa shape index (κ1) is 17.4. The standard InChI is InChI=1S/C14H17.2ClH.Zr/c1-10(2)6-12-4-5-13-7-11(3)8-14(13)9-12;;;/h4-5,7-10H,6H2,1-3H3;2*1H;. The van der Waals surface area contributed by atoms with E-state index >= 15 is 0 Å². The molecular formula is C14H19Cl2Zr. The molecule has 0 bridgehead atoms. The summed E-state index contributed by atoms with van der Waals surface area (Å²) < 4.78 is 0.709. The smallest absolute Gasteiger partial charge is 0.147 e. The van der Waals surface area contributed by atoms with Crippen molar-refractivity contribution in [3.63, 3.8) is 0 Å². The molecule has 0 radical (unpaired) electrons. The van der Waals surface area contributed by atoms with Gasteiger partial charge in [0, 0.05) is 0 Å². The molecule has 0 saturated heterocycles. The molecule has 2 rings (SSSR count). The zero-order valence-electron chi connectivity index (χ0n) is 10.5. The molecule has 0 spiro atoms. The second-order valence-electron chi connectivity index (χ2n) is 4.88. The normalized spacial score (nSPS) is 16.9. The second kappa shape index (κ2) is 7.12. The number of hydrogen-bond acceptors (Lipinski definition) is 0. The Morgan fingerprint density at radius 3 is 2.47 bits per heavy atom. The predicted molar refractivity (Wildman–Crippen MR) is 75.9 cm³/mol. The van der Waals surface area contributed by atoms with Crippen LogP contribution in [-0.4, -0.2) is 0 Å². The van der Waals surface area contributed by atoms with Crippen LogP contribution in [0.4, 0.5) is 0 Å². The number of fused-ring (bicyclic) bond motifs is 1. The molecule has 0 heterocycles. The van der Waals surface area contributed by atoms with Crippen LogP contribution in [0.2, 0.25) is 0 Å². The Hall–Kier alpha value is 0.423. The van der Waals surface area contributed by atoms with Gasteiger partial charge >= 0.3 is 108 Å². The van der Waals surface area contributed by atoms with Crippen molar-refractivity contribution in [2.24, 2.45) is 5.92 Å². The van der Waals surface area contributed by atoms with Crippen molar-refractivity contribution in [1.29, 1.82) is 0 Å². The average Bonchev–Trinajstić information content (AvgIpc) is 2.41. The molecule has 0 saturated carbocycles. The minimum Gasteiger partial charge on any atom is -0.147 e. The van der Waals surface area contributed by atoms with Gasteiger partial charge in [-0.1, -0.05) is 0 Å². The second-order valence-corrected chi connectivity index (χ2v) is 6.30. The molecule has 1 atom stereocenters. The van der Waals surface area contributed by atoms with Gasteiger partial charge in [0.05, 0.1) is 0 Å². The van der Waals surface area contributed by atoms with Crippen molar-refractivity contribution in [3.05, 3.63) is 40.5 Å². The summed E-state index contributed by atoms with van der Waals surface area (Å²) in [6, 6.07) is 7.02. The van der Waals surface area contributed by atoms with Crippen molar-refractivity contribution in [3.8, 4) is 0 Å². The summed E-state index contributed by atoms with van der Waals surface area (Å²) >= 11 is 1.61. The maximum atomic E-state index is 2.38. The number of rotatable bonds is 2. The summed E-state index contributed by atoms with van der Waals surface area (Å²) in [5, 5.41) is 0. The van der Waals surface area contributed by atoms with E-state index < -0.39 is 0 Å². The number of allylic oxidation sites excluding steroid dienone is 1. The van der Waals surface area contributed by atoms with Crippen molar-refractivity contribution >= 4 is 30.9 Å². The predicted octanol–water partition coefficient (Wildman–Crippen LogP) is 4.73. The topological polar surface area (TPSA) is 0 Å². The zero-order valence-corrected chi connectivity index (χ0v) is 14.6. The van der Waals surface area contributed by atoms with E-state index in [-0.39, 0.29) is 24.8 Å². The largest absolute Gasteiger partial charge is 0.147 e. The summed E-state index contributed by atoms with van der Waals surface area (Å²) in [7, 11) is 0. The van der Waals surface area contributed by atoms with Gasteiger partial charge in [0.1, 0.15) is 0 Å². The van der Waals surface area contributed by atoms with E-state index in [1.807, 2.05) is 0 Å². The molecule has 93 valence electrons. The van der Waals surface area contributed by atoms with Crippen molar-refractivity contribution < 1.29 is 24.7 Å². The van der Waals surface area contributed by atoms with Crippen LogP contribution in [0.15, 0.2) is 23.8 Å². The molecule has 0 amide bonds. The maximum absolute atomic E-state index is 2.38. The molecule has 0 fully saturated rings. The monoisotopic (exact) mass is 347 g/mol. The quantitative estimate of drug-likeness (QED) is 0.724. The van der Waals surface area contributed by atoms with E-state index in [4.69, 9.17) is 0 Å². The summed E-state index contributed by atoms with van der Waals surface area (Å²) in [5.41, 5.74) is 6.02. The molecule has 1 aromatic carbocycles. The summed E-state index contributed by atoms with van der Waals surface area (Å²) in [6.45, 7) is 6.81. The third-order valence-electron chi connectivity index (χ3n) is 2.94. The Balaban J connectivity index is 0.00000128. The average molecular weight is 349 g/mol. The van der Waals surface area contributed by atoms with E-state index in [0.29, 0.717) is 3.63 Å². The summed E-state index contributed by atoms with van der Waals surface area (Å²) in [5.74, 6) is 0.748. The van der Waals surface area contributed by atoms with Gasteiger partial charge in [-0.05, 0) is 0 Å². The SMILES string of the molecule is CC1=Cc2cc(CC(C)C)ccc2[CH]1[Zr].Cl.Cl. The van der Waals surface area contributed by atoms with Crippen molar-refractivity contribution in [1.82, 2.24) is 0 Å². The fraction of sp³-hybridized carbons (Fsp3) is 0.429. The molecule has 3 heteroatoms. The molecular weight excluding hydrogens is 330 g/mol. The van der Waals surface area contributed by atoms with E-state index in [2.05, 4.69) is 45.0 Å². The Morgan fingerprint density at radius 1 is 1.24 bits per heavy atom. The van der Waals surface area contributed by atoms with Crippen LogP contribution in [0.3, 0.4) is 0 Å². The van der Waals surface area contributed by atoms with E-state index in [1.165, 1.54) is 23.1 Å². The van der Waals surface area contributed by atoms with Crippen LogP contribution < -0.4 is 0 Å². The first-order valence-corrected chi connectivity index (χ1v) is 7.02. The van der Waals surface area contributed by atoms with Gasteiger partial charge in [0.25, 0.3) is 0 Å². The van der Waals surface area contributed by atoms with Gasteiger partial charge in [0.2, 0.25) is 0 Å². The van der Waals surface area contributed by atoms with Crippen molar-refractivity contribution in [2.45, 2.75) is 30.8 Å². The number of benzene rings is 1. The third kappa shape index (κ3) is 3.95. The Labute approximate surface area is 132 Å². The Kier molecular flexibility index (Phi) is 7.30. The third-order valence-corrected chi connectivity index (χ3v) is 4.83. The van der Waals surface area contributed by atoms with E-state index in [9.17, 15) is 0 Å². The van der Waals surface area contributed by atoms with Gasteiger partial charge < -0.3 is 0 Å². The molecule has 17 heavy (non-hydrogen) atoms. The van der Waals surface area contributed by atoms with Crippen LogP contribution >= 0.6 is 24.8 Å². The van der Waals surface area contributed by atoms with E-state index in [1.54, 1.807) is 30.3 Å². The maximum Gasteiger partial charge on any atom is -0.147 e. The zero-order chi connectivity index (χ0) is 11.0. The van der Waals surface area contributed by atoms with Crippen molar-refractivity contribution in [2.75, 3.05) is 0 Å². The minimum atomic E-state index is 0. The van der Waals surface area contributed by atoms with E-state index in [0.717, 1.165) is 5.92 Å². The van der Waals surface area contributed by atoms with Crippen LogP contribution in [0, 0.1) is 5.92 Å². The molecule has 1 aromatic rings. The Morgan fingerprint density at radius 2 is 1.88 bits per heavy atom. The number of hydrogen-bond donors (Lipinski definition) is 0. The fourth-order valence-corrected chi connectivity index (χ4v) is 3.04. The number of halogens is 2. The molecule has 0 aliphatic heterocycles. The molecule has 1 unspecified atom stereocenters. The molecule has 0 N–H and O–H groups in total. The van der Waals surface area contributed by atoms with Gasteiger partial charge in [0.15, 0.2) is 0 Å². The van der Waals surface area contributed by atoms with Gasteiger partial charge in [-0.25, -0.2) is 0 Å². The van der Waals surface area contributed by atoms with Gasteiger partial charge in [-0.2, -0.15) is 0 Å². The molecule has 1 aliphatic rings. The fourth-order valence-electron chi connectivity index (χ4n) is 2.18. The Bertz CT molecular complexity index is 411. The first-order chi connectivity index (χ1) is 7.08. The van der Waals surface area contributed by atoms with Crippen LogP contribution in [0.5, 0.6) is 0 Å². The molecule has 0 aromatic heterocycles. The van der Waals surface area contributed by atoms with Gasteiger partial charge in [-0.3, -0.25) is 0 Å².